The second-order valence-corrected chi connectivity index (χ2v) is 8.71. The standard InChI is InChI=1S/C16H17N3O2S3/c20-13(12-6-2-1-3-7-12)10-22-15-17-18-16(24-15)23-11-14(21)19-8-4-5-9-19/h1-3,6-7H,4-5,8-11H2. The molecule has 0 saturated carbocycles. The summed E-state index contributed by atoms with van der Waals surface area (Å²) in [5, 5.41) is 8.18. The van der Waals surface area contributed by atoms with E-state index in [9.17, 15) is 9.59 Å². The number of likely N-dealkylation sites (tertiary alicyclic amines) is 1. The number of aromatic nitrogens is 2. The van der Waals surface area contributed by atoms with Crippen LogP contribution in [-0.4, -0.2) is 51.4 Å². The maximum atomic E-state index is 12.1. The number of ketones is 1. The molecule has 2 aromatic rings. The van der Waals surface area contributed by atoms with Gasteiger partial charge in [-0.3, -0.25) is 9.59 Å². The molecule has 2 heterocycles. The minimum absolute atomic E-state index is 0.0780. The summed E-state index contributed by atoms with van der Waals surface area (Å²) in [5.74, 6) is 0.994. The smallest absolute Gasteiger partial charge is 0.233 e. The van der Waals surface area contributed by atoms with E-state index in [0.717, 1.165) is 34.6 Å². The van der Waals surface area contributed by atoms with Crippen LogP contribution in [0.5, 0.6) is 0 Å². The molecule has 8 heteroatoms. The zero-order valence-electron chi connectivity index (χ0n) is 13.0. The van der Waals surface area contributed by atoms with E-state index in [1.54, 1.807) is 0 Å². The third-order valence-corrected chi connectivity index (χ3v) is 6.76. The highest BCUT2D eigenvalue weighted by Gasteiger charge is 2.18. The zero-order chi connectivity index (χ0) is 16.8. The second-order valence-electron chi connectivity index (χ2n) is 5.29. The van der Waals surface area contributed by atoms with Gasteiger partial charge < -0.3 is 4.90 Å². The van der Waals surface area contributed by atoms with Crippen LogP contribution in [0.3, 0.4) is 0 Å². The van der Waals surface area contributed by atoms with Crippen molar-refractivity contribution in [3.05, 3.63) is 35.9 Å². The maximum absolute atomic E-state index is 12.1. The van der Waals surface area contributed by atoms with E-state index in [-0.39, 0.29) is 11.7 Å². The molecule has 0 aliphatic carbocycles. The van der Waals surface area contributed by atoms with Gasteiger partial charge in [-0.2, -0.15) is 0 Å². The minimum atomic E-state index is 0.0780. The van der Waals surface area contributed by atoms with Crippen molar-refractivity contribution in [1.82, 2.24) is 15.1 Å². The predicted molar refractivity (Wildman–Crippen MR) is 97.9 cm³/mol. The minimum Gasteiger partial charge on any atom is -0.342 e. The first-order valence-electron chi connectivity index (χ1n) is 7.67. The number of benzene rings is 1. The van der Waals surface area contributed by atoms with Crippen LogP contribution in [0.25, 0.3) is 0 Å². The van der Waals surface area contributed by atoms with Crippen molar-refractivity contribution in [3.8, 4) is 0 Å². The van der Waals surface area contributed by atoms with Gasteiger partial charge in [0, 0.05) is 18.7 Å². The first kappa shape index (κ1) is 17.4. The Bertz CT molecular complexity index is 700. The number of carbonyl (C=O) groups excluding carboxylic acids is 2. The van der Waals surface area contributed by atoms with Gasteiger partial charge in [0.2, 0.25) is 5.91 Å². The first-order valence-corrected chi connectivity index (χ1v) is 10.5. The van der Waals surface area contributed by atoms with E-state index in [1.165, 1.54) is 34.9 Å². The lowest BCUT2D eigenvalue weighted by molar-refractivity contribution is -0.127. The monoisotopic (exact) mass is 379 g/mol. The van der Waals surface area contributed by atoms with Crippen LogP contribution in [0.1, 0.15) is 23.2 Å². The second kappa shape index (κ2) is 8.64. The Hall–Kier alpha value is -1.38. The van der Waals surface area contributed by atoms with Crippen LogP contribution in [0, 0.1) is 0 Å². The molecule has 1 aliphatic rings. The Labute approximate surface area is 153 Å². The van der Waals surface area contributed by atoms with Crippen LogP contribution in [0.15, 0.2) is 39.0 Å². The van der Waals surface area contributed by atoms with Crippen molar-refractivity contribution in [1.29, 1.82) is 0 Å². The highest BCUT2D eigenvalue weighted by molar-refractivity contribution is 8.03. The average Bonchev–Trinajstić information content (AvgIpc) is 3.30. The number of hydrogen-bond donors (Lipinski definition) is 0. The normalized spacial score (nSPS) is 14.1. The van der Waals surface area contributed by atoms with Gasteiger partial charge in [0.05, 0.1) is 11.5 Å². The Balaban J connectivity index is 1.45. The molecule has 126 valence electrons. The van der Waals surface area contributed by atoms with Crippen LogP contribution < -0.4 is 0 Å². The molecule has 0 N–H and O–H groups in total. The molecule has 24 heavy (non-hydrogen) atoms. The van der Waals surface area contributed by atoms with Crippen LogP contribution in [0.2, 0.25) is 0 Å². The molecule has 1 aromatic heterocycles. The molecule has 5 nitrogen and oxygen atoms in total. The molecule has 3 rings (SSSR count). The number of amides is 1. The molecule has 0 atom stereocenters. The third-order valence-electron chi connectivity index (χ3n) is 3.59. The van der Waals surface area contributed by atoms with E-state index in [0.29, 0.717) is 17.1 Å². The fourth-order valence-corrected chi connectivity index (χ4v) is 5.15. The van der Waals surface area contributed by atoms with E-state index in [4.69, 9.17) is 0 Å². The highest BCUT2D eigenvalue weighted by Crippen LogP contribution is 2.29. The Morgan fingerprint density at radius 3 is 2.29 bits per heavy atom. The molecular weight excluding hydrogens is 362 g/mol. The summed E-state index contributed by atoms with van der Waals surface area (Å²) >= 11 is 4.25. The summed E-state index contributed by atoms with van der Waals surface area (Å²) in [6, 6.07) is 9.23. The summed E-state index contributed by atoms with van der Waals surface area (Å²) in [5.41, 5.74) is 0.709. The van der Waals surface area contributed by atoms with Gasteiger partial charge in [0.25, 0.3) is 0 Å². The lowest BCUT2D eigenvalue weighted by Crippen LogP contribution is -2.29. The molecule has 1 saturated heterocycles. The fourth-order valence-electron chi connectivity index (χ4n) is 2.33. The SMILES string of the molecule is O=C(CSc1nnc(SCC(=O)N2CCCC2)s1)c1ccccc1. The third kappa shape index (κ3) is 4.81. The Kier molecular flexibility index (Phi) is 6.28. The summed E-state index contributed by atoms with van der Waals surface area (Å²) in [7, 11) is 0. The topological polar surface area (TPSA) is 63.2 Å². The molecule has 0 bridgehead atoms. The summed E-state index contributed by atoms with van der Waals surface area (Å²) in [6.07, 6.45) is 2.21. The van der Waals surface area contributed by atoms with Gasteiger partial charge in [-0.15, -0.1) is 10.2 Å². The van der Waals surface area contributed by atoms with E-state index < -0.39 is 0 Å². The predicted octanol–water partition coefficient (Wildman–Crippen LogP) is 3.23. The number of thioether (sulfide) groups is 2. The molecule has 1 fully saturated rings. The van der Waals surface area contributed by atoms with E-state index in [2.05, 4.69) is 10.2 Å². The van der Waals surface area contributed by atoms with Crippen molar-refractivity contribution in [2.45, 2.75) is 21.5 Å². The van der Waals surface area contributed by atoms with Gasteiger partial charge in [-0.1, -0.05) is 65.2 Å². The molecule has 0 radical (unpaired) electrons. The van der Waals surface area contributed by atoms with Crippen molar-refractivity contribution in [2.24, 2.45) is 0 Å². The first-order chi connectivity index (χ1) is 11.7. The molecule has 0 spiro atoms. The largest absolute Gasteiger partial charge is 0.342 e. The number of Topliss-reactive ketones (excluding diaryl/α,β-unsaturated/α-hetero) is 1. The zero-order valence-corrected chi connectivity index (χ0v) is 15.5. The van der Waals surface area contributed by atoms with Gasteiger partial charge in [-0.05, 0) is 12.8 Å². The summed E-state index contributed by atoms with van der Waals surface area (Å²) in [6.45, 7) is 1.75. The lowest BCUT2D eigenvalue weighted by Gasteiger charge is -2.13. The van der Waals surface area contributed by atoms with Crippen molar-refractivity contribution >= 4 is 46.6 Å². The highest BCUT2D eigenvalue weighted by atomic mass is 32.2. The summed E-state index contributed by atoms with van der Waals surface area (Å²) in [4.78, 5) is 26.0. The number of carbonyl (C=O) groups is 2. The Morgan fingerprint density at radius 1 is 1.00 bits per heavy atom. The quantitative estimate of drug-likeness (QED) is 0.544. The van der Waals surface area contributed by atoms with Gasteiger partial charge in [0.15, 0.2) is 14.5 Å². The van der Waals surface area contributed by atoms with Crippen molar-refractivity contribution < 1.29 is 9.59 Å². The molecule has 1 aliphatic heterocycles. The van der Waals surface area contributed by atoms with Gasteiger partial charge in [-0.25, -0.2) is 0 Å². The Morgan fingerprint density at radius 2 is 1.62 bits per heavy atom. The fraction of sp³-hybridized carbons (Fsp3) is 0.375. The van der Waals surface area contributed by atoms with Crippen LogP contribution in [-0.2, 0) is 4.79 Å². The summed E-state index contributed by atoms with van der Waals surface area (Å²) < 4.78 is 1.53. The van der Waals surface area contributed by atoms with Crippen molar-refractivity contribution in [2.75, 3.05) is 24.6 Å². The van der Waals surface area contributed by atoms with Gasteiger partial charge >= 0.3 is 0 Å². The molecule has 1 aromatic carbocycles. The molecular formula is C16H17N3O2S3. The van der Waals surface area contributed by atoms with Crippen LogP contribution >= 0.6 is 34.9 Å². The van der Waals surface area contributed by atoms with E-state index >= 15 is 0 Å². The molecule has 0 unspecified atom stereocenters. The van der Waals surface area contributed by atoms with E-state index in [1.807, 2.05) is 35.2 Å². The number of rotatable bonds is 7. The van der Waals surface area contributed by atoms with Gasteiger partial charge in [0.1, 0.15) is 0 Å². The lowest BCUT2D eigenvalue weighted by atomic mass is 10.2. The molecule has 1 amide bonds. The number of nitrogens with zero attached hydrogens (tertiary/aromatic N) is 3. The van der Waals surface area contributed by atoms with Crippen molar-refractivity contribution in [3.63, 3.8) is 0 Å². The maximum Gasteiger partial charge on any atom is 0.233 e. The van der Waals surface area contributed by atoms with Crippen LogP contribution in [0.4, 0.5) is 0 Å². The average molecular weight is 380 g/mol. The number of hydrogen-bond acceptors (Lipinski definition) is 7.